The lowest BCUT2D eigenvalue weighted by Gasteiger charge is -2.08. The molecule has 6 nitrogen and oxygen atoms in total. The molecule has 0 aliphatic carbocycles. The summed E-state index contributed by atoms with van der Waals surface area (Å²) in [5.41, 5.74) is 3.39. The summed E-state index contributed by atoms with van der Waals surface area (Å²) < 4.78 is 11.0. The van der Waals surface area contributed by atoms with E-state index in [0.29, 0.717) is 28.2 Å². The quantitative estimate of drug-likeness (QED) is 0.453. The highest BCUT2D eigenvalue weighted by Crippen LogP contribution is 2.25. The Kier molecular flexibility index (Phi) is 5.77. The van der Waals surface area contributed by atoms with Crippen molar-refractivity contribution in [3.05, 3.63) is 83.4 Å². The number of nitrogens with zero attached hydrogens (tertiary/aromatic N) is 2. The lowest BCUT2D eigenvalue weighted by atomic mass is 10.1. The number of benzene rings is 3. The van der Waals surface area contributed by atoms with Gasteiger partial charge in [0.1, 0.15) is 5.75 Å². The minimum atomic E-state index is -0.274. The van der Waals surface area contributed by atoms with Crippen LogP contribution in [0.5, 0.6) is 5.75 Å². The molecule has 0 aliphatic heterocycles. The highest BCUT2D eigenvalue weighted by molar-refractivity contribution is 6.30. The van der Waals surface area contributed by atoms with Crippen molar-refractivity contribution in [3.8, 4) is 28.6 Å². The van der Waals surface area contributed by atoms with Crippen molar-refractivity contribution in [2.24, 2.45) is 0 Å². The molecule has 0 saturated heterocycles. The van der Waals surface area contributed by atoms with Crippen LogP contribution in [-0.4, -0.2) is 22.7 Å². The molecular formula is C23H18ClN3O3. The summed E-state index contributed by atoms with van der Waals surface area (Å²) in [6.07, 6.45) is 0. The molecule has 1 heterocycles. The van der Waals surface area contributed by atoms with Crippen molar-refractivity contribution in [2.45, 2.75) is 6.92 Å². The molecule has 150 valence electrons. The number of aryl methyl sites for hydroxylation is 1. The number of aromatic nitrogens is 2. The van der Waals surface area contributed by atoms with Gasteiger partial charge in [-0.3, -0.25) is 4.79 Å². The van der Waals surface area contributed by atoms with Gasteiger partial charge in [0, 0.05) is 21.8 Å². The van der Waals surface area contributed by atoms with E-state index < -0.39 is 0 Å². The third-order valence-corrected chi connectivity index (χ3v) is 4.57. The van der Waals surface area contributed by atoms with Gasteiger partial charge in [-0.1, -0.05) is 46.6 Å². The van der Waals surface area contributed by atoms with E-state index in [9.17, 15) is 4.79 Å². The Labute approximate surface area is 178 Å². The molecule has 0 saturated carbocycles. The first kappa shape index (κ1) is 19.7. The molecule has 0 radical (unpaired) electrons. The SMILES string of the molecule is Cc1ccc(-c2nc(-c3cccc(OCC(=O)Nc4ccc(Cl)cc4)c3)no2)cc1. The lowest BCUT2D eigenvalue weighted by molar-refractivity contribution is -0.118. The number of hydrogen-bond acceptors (Lipinski definition) is 5. The standard InChI is InChI=1S/C23H18ClN3O3/c1-15-5-7-16(8-6-15)23-26-22(27-30-23)17-3-2-4-20(13-17)29-14-21(28)25-19-11-9-18(24)10-12-19/h2-13H,14H2,1H3,(H,25,28). The average Bonchev–Trinajstić information content (AvgIpc) is 3.25. The van der Waals surface area contributed by atoms with Crippen LogP contribution in [0.4, 0.5) is 5.69 Å². The number of nitrogens with one attached hydrogen (secondary N) is 1. The molecule has 0 spiro atoms. The second-order valence-corrected chi connectivity index (χ2v) is 7.10. The number of rotatable bonds is 6. The van der Waals surface area contributed by atoms with E-state index in [1.54, 1.807) is 36.4 Å². The van der Waals surface area contributed by atoms with Gasteiger partial charge in [-0.25, -0.2) is 0 Å². The predicted molar refractivity (Wildman–Crippen MR) is 115 cm³/mol. The molecule has 1 aromatic heterocycles. The van der Waals surface area contributed by atoms with Crippen molar-refractivity contribution < 1.29 is 14.1 Å². The third-order valence-electron chi connectivity index (χ3n) is 4.31. The van der Waals surface area contributed by atoms with E-state index in [4.69, 9.17) is 20.9 Å². The maximum absolute atomic E-state index is 12.1. The van der Waals surface area contributed by atoms with Crippen LogP contribution in [0.25, 0.3) is 22.8 Å². The second kappa shape index (κ2) is 8.80. The van der Waals surface area contributed by atoms with Gasteiger partial charge in [-0.05, 0) is 55.5 Å². The maximum atomic E-state index is 12.1. The fraction of sp³-hybridized carbons (Fsp3) is 0.0870. The zero-order valence-electron chi connectivity index (χ0n) is 16.1. The van der Waals surface area contributed by atoms with Gasteiger partial charge in [-0.2, -0.15) is 4.98 Å². The first-order valence-corrected chi connectivity index (χ1v) is 9.64. The fourth-order valence-electron chi connectivity index (χ4n) is 2.76. The molecule has 3 aromatic carbocycles. The predicted octanol–water partition coefficient (Wildman–Crippen LogP) is 5.38. The van der Waals surface area contributed by atoms with Crippen LogP contribution in [0.2, 0.25) is 5.02 Å². The van der Waals surface area contributed by atoms with E-state index >= 15 is 0 Å². The van der Waals surface area contributed by atoms with E-state index in [-0.39, 0.29) is 12.5 Å². The van der Waals surface area contributed by atoms with Crippen LogP contribution >= 0.6 is 11.6 Å². The molecule has 4 rings (SSSR count). The van der Waals surface area contributed by atoms with Crippen molar-refractivity contribution in [2.75, 3.05) is 11.9 Å². The molecule has 4 aromatic rings. The van der Waals surface area contributed by atoms with Crippen LogP contribution in [0.15, 0.2) is 77.3 Å². The summed E-state index contributed by atoms with van der Waals surface area (Å²) in [6, 6.07) is 21.9. The Morgan fingerprint density at radius 2 is 1.80 bits per heavy atom. The fourth-order valence-corrected chi connectivity index (χ4v) is 2.88. The van der Waals surface area contributed by atoms with Crippen LogP contribution < -0.4 is 10.1 Å². The van der Waals surface area contributed by atoms with Gasteiger partial charge >= 0.3 is 0 Å². The number of carbonyl (C=O) groups excluding carboxylic acids is 1. The van der Waals surface area contributed by atoms with Gasteiger partial charge in [-0.15, -0.1) is 0 Å². The molecule has 1 amide bonds. The van der Waals surface area contributed by atoms with E-state index in [1.165, 1.54) is 0 Å². The van der Waals surface area contributed by atoms with Crippen LogP contribution in [0.3, 0.4) is 0 Å². The topological polar surface area (TPSA) is 77.2 Å². The zero-order chi connectivity index (χ0) is 20.9. The molecule has 0 fully saturated rings. The molecule has 0 atom stereocenters. The highest BCUT2D eigenvalue weighted by atomic mass is 35.5. The van der Waals surface area contributed by atoms with E-state index in [2.05, 4.69) is 15.5 Å². The number of ether oxygens (including phenoxy) is 1. The highest BCUT2D eigenvalue weighted by Gasteiger charge is 2.12. The molecule has 0 bridgehead atoms. The molecular weight excluding hydrogens is 402 g/mol. The summed E-state index contributed by atoms with van der Waals surface area (Å²) in [5.74, 6) is 1.14. The zero-order valence-corrected chi connectivity index (χ0v) is 16.9. The van der Waals surface area contributed by atoms with E-state index in [0.717, 1.165) is 16.7 Å². The Hall–Kier alpha value is -3.64. The Balaban J connectivity index is 1.41. The molecule has 30 heavy (non-hydrogen) atoms. The smallest absolute Gasteiger partial charge is 0.262 e. The maximum Gasteiger partial charge on any atom is 0.262 e. The van der Waals surface area contributed by atoms with Crippen LogP contribution in [0, 0.1) is 6.92 Å². The van der Waals surface area contributed by atoms with E-state index in [1.807, 2.05) is 43.3 Å². The summed E-state index contributed by atoms with van der Waals surface area (Å²) in [5, 5.41) is 7.41. The van der Waals surface area contributed by atoms with Crippen molar-refractivity contribution >= 4 is 23.2 Å². The normalized spacial score (nSPS) is 10.6. The molecule has 1 N–H and O–H groups in total. The van der Waals surface area contributed by atoms with Crippen LogP contribution in [0.1, 0.15) is 5.56 Å². The first-order chi connectivity index (χ1) is 14.6. The summed E-state index contributed by atoms with van der Waals surface area (Å²) in [6.45, 7) is 1.89. The van der Waals surface area contributed by atoms with Crippen molar-refractivity contribution in [3.63, 3.8) is 0 Å². The van der Waals surface area contributed by atoms with Gasteiger partial charge in [0.15, 0.2) is 6.61 Å². The third kappa shape index (κ3) is 4.85. The number of amides is 1. The Morgan fingerprint density at radius 3 is 2.57 bits per heavy atom. The van der Waals surface area contributed by atoms with Gasteiger partial charge in [0.25, 0.3) is 11.8 Å². The minimum Gasteiger partial charge on any atom is -0.484 e. The molecule has 0 unspecified atom stereocenters. The molecule has 7 heteroatoms. The number of halogens is 1. The summed E-state index contributed by atoms with van der Waals surface area (Å²) >= 11 is 5.84. The second-order valence-electron chi connectivity index (χ2n) is 6.66. The number of anilines is 1. The monoisotopic (exact) mass is 419 g/mol. The summed E-state index contributed by atoms with van der Waals surface area (Å²) in [4.78, 5) is 16.6. The Bertz CT molecular complexity index is 1160. The van der Waals surface area contributed by atoms with Gasteiger partial charge < -0.3 is 14.6 Å². The lowest BCUT2D eigenvalue weighted by Crippen LogP contribution is -2.20. The number of hydrogen-bond donors (Lipinski definition) is 1. The average molecular weight is 420 g/mol. The Morgan fingerprint density at radius 1 is 1.03 bits per heavy atom. The van der Waals surface area contributed by atoms with Crippen molar-refractivity contribution in [1.29, 1.82) is 0 Å². The van der Waals surface area contributed by atoms with Gasteiger partial charge in [0.05, 0.1) is 0 Å². The van der Waals surface area contributed by atoms with Crippen molar-refractivity contribution in [1.82, 2.24) is 10.1 Å². The minimum absolute atomic E-state index is 0.132. The first-order valence-electron chi connectivity index (χ1n) is 9.26. The molecule has 0 aliphatic rings. The largest absolute Gasteiger partial charge is 0.484 e. The summed E-state index contributed by atoms with van der Waals surface area (Å²) in [7, 11) is 0. The number of carbonyl (C=O) groups is 1. The van der Waals surface area contributed by atoms with Crippen LogP contribution in [-0.2, 0) is 4.79 Å². The van der Waals surface area contributed by atoms with Gasteiger partial charge in [0.2, 0.25) is 5.82 Å².